The van der Waals surface area contributed by atoms with Crippen LogP contribution in [0.15, 0.2) is 0 Å². The lowest BCUT2D eigenvalue weighted by molar-refractivity contribution is -0.158. The average molecular weight is 350 g/mol. The van der Waals surface area contributed by atoms with Crippen LogP contribution >= 0.6 is 0 Å². The van der Waals surface area contributed by atoms with Crippen molar-refractivity contribution in [3.8, 4) is 0 Å². The summed E-state index contributed by atoms with van der Waals surface area (Å²) in [5.74, 6) is -0.0203. The zero-order chi connectivity index (χ0) is 18.1. The highest BCUT2D eigenvalue weighted by atomic mass is 16.5. The van der Waals surface area contributed by atoms with Gasteiger partial charge in [0.05, 0.1) is 5.92 Å². The molecule has 6 nitrogen and oxygen atoms in total. The molecule has 0 aromatic heterocycles. The van der Waals surface area contributed by atoms with Crippen LogP contribution in [-0.4, -0.2) is 47.4 Å². The number of carbonyl (C=O) groups excluding carboxylic acids is 3. The Morgan fingerprint density at radius 2 is 1.92 bits per heavy atom. The second kappa shape index (κ2) is 7.34. The molecule has 3 fully saturated rings. The maximum atomic E-state index is 12.5. The molecule has 0 aromatic carbocycles. The summed E-state index contributed by atoms with van der Waals surface area (Å²) in [5.41, 5.74) is 0. The van der Waals surface area contributed by atoms with Gasteiger partial charge >= 0.3 is 5.97 Å². The number of hydrogen-bond donors (Lipinski definition) is 1. The maximum Gasteiger partial charge on any atom is 0.312 e. The Morgan fingerprint density at radius 3 is 2.60 bits per heavy atom. The molecule has 6 heteroatoms. The molecule has 0 radical (unpaired) electrons. The molecule has 2 saturated carbocycles. The number of esters is 1. The fraction of sp³-hybridized carbons (Fsp3) is 0.842. The number of rotatable bonds is 5. The van der Waals surface area contributed by atoms with Crippen LogP contribution in [0.1, 0.15) is 59.3 Å². The van der Waals surface area contributed by atoms with Gasteiger partial charge in [0.1, 0.15) is 0 Å². The first-order valence-corrected chi connectivity index (χ1v) is 9.67. The van der Waals surface area contributed by atoms with Crippen LogP contribution in [0.5, 0.6) is 0 Å². The number of likely N-dealkylation sites (tertiary alicyclic amines) is 1. The number of ether oxygens (including phenoxy) is 1. The molecule has 1 N–H and O–H groups in total. The van der Waals surface area contributed by atoms with Gasteiger partial charge in [-0.25, -0.2) is 0 Å². The van der Waals surface area contributed by atoms with Crippen molar-refractivity contribution in [1.29, 1.82) is 0 Å². The Bertz CT molecular complexity index is 546. The van der Waals surface area contributed by atoms with E-state index in [1.807, 2.05) is 4.90 Å². The van der Waals surface area contributed by atoms with Crippen LogP contribution in [0.2, 0.25) is 0 Å². The maximum absolute atomic E-state index is 12.5. The first-order chi connectivity index (χ1) is 11.9. The highest BCUT2D eigenvalue weighted by Crippen LogP contribution is 2.36. The minimum atomic E-state index is -0.800. The second-order valence-corrected chi connectivity index (χ2v) is 8.14. The van der Waals surface area contributed by atoms with Crippen molar-refractivity contribution in [1.82, 2.24) is 10.2 Å². The number of carbonyl (C=O) groups is 3. The molecule has 1 saturated heterocycles. The molecule has 0 unspecified atom stereocenters. The molecule has 0 aromatic rings. The quantitative estimate of drug-likeness (QED) is 0.768. The fourth-order valence-electron chi connectivity index (χ4n) is 4.07. The van der Waals surface area contributed by atoms with Crippen molar-refractivity contribution >= 4 is 17.8 Å². The molecule has 0 bridgehead atoms. The first-order valence-electron chi connectivity index (χ1n) is 9.67. The third kappa shape index (κ3) is 4.15. The minimum absolute atomic E-state index is 0.0444. The molecule has 3 aliphatic rings. The van der Waals surface area contributed by atoms with E-state index in [0.717, 1.165) is 25.7 Å². The van der Waals surface area contributed by atoms with E-state index in [4.69, 9.17) is 4.74 Å². The fourth-order valence-corrected chi connectivity index (χ4v) is 4.07. The normalized spacial score (nSPS) is 33.9. The van der Waals surface area contributed by atoms with Crippen molar-refractivity contribution in [2.45, 2.75) is 77.5 Å². The van der Waals surface area contributed by atoms with Gasteiger partial charge in [0.25, 0.3) is 5.91 Å². The van der Waals surface area contributed by atoms with Gasteiger partial charge in [0.2, 0.25) is 5.91 Å². The highest BCUT2D eigenvalue weighted by molar-refractivity contribution is 5.89. The number of nitrogens with one attached hydrogen (secondary N) is 1. The van der Waals surface area contributed by atoms with Crippen molar-refractivity contribution < 1.29 is 19.1 Å². The standard InChI is InChI=1S/C19H30N2O4/c1-11-5-4-6-16(12(11)2)21-10-14(9-17(21)22)19(24)25-13(3)18(23)20-15-7-8-15/h11-16H,4-10H2,1-3H3,(H,20,23)/t11-,12-,13+,14-,16+/m1/s1. The van der Waals surface area contributed by atoms with E-state index in [-0.39, 0.29) is 30.3 Å². The monoisotopic (exact) mass is 350 g/mol. The smallest absolute Gasteiger partial charge is 0.312 e. The Kier molecular flexibility index (Phi) is 5.35. The molecule has 2 amide bonds. The summed E-state index contributed by atoms with van der Waals surface area (Å²) >= 11 is 0. The summed E-state index contributed by atoms with van der Waals surface area (Å²) in [6.45, 7) is 6.46. The van der Waals surface area contributed by atoms with Crippen molar-refractivity contribution in [3.63, 3.8) is 0 Å². The molecular weight excluding hydrogens is 320 g/mol. The lowest BCUT2D eigenvalue weighted by atomic mass is 9.77. The van der Waals surface area contributed by atoms with Gasteiger partial charge in [0, 0.05) is 25.0 Å². The van der Waals surface area contributed by atoms with Crippen LogP contribution < -0.4 is 5.32 Å². The molecular formula is C19H30N2O4. The van der Waals surface area contributed by atoms with Crippen molar-refractivity contribution in [2.75, 3.05) is 6.54 Å². The SMILES string of the molecule is C[C@@H]1[C@H](C)CCC[C@@H]1N1C[C@H](C(=O)O[C@@H](C)C(=O)NC2CC2)CC1=O. The number of hydrogen-bond acceptors (Lipinski definition) is 4. The average Bonchev–Trinajstić information content (AvgIpc) is 3.29. The zero-order valence-electron chi connectivity index (χ0n) is 15.5. The lowest BCUT2D eigenvalue weighted by Gasteiger charge is -2.39. The van der Waals surface area contributed by atoms with E-state index in [9.17, 15) is 14.4 Å². The van der Waals surface area contributed by atoms with Gasteiger partial charge in [-0.2, -0.15) is 0 Å². The highest BCUT2D eigenvalue weighted by Gasteiger charge is 2.42. The van der Waals surface area contributed by atoms with Gasteiger partial charge in [0.15, 0.2) is 6.10 Å². The third-order valence-corrected chi connectivity index (χ3v) is 6.14. The second-order valence-electron chi connectivity index (χ2n) is 8.14. The van der Waals surface area contributed by atoms with Gasteiger partial charge in [-0.15, -0.1) is 0 Å². The van der Waals surface area contributed by atoms with Crippen LogP contribution in [0.3, 0.4) is 0 Å². The predicted octanol–water partition coefficient (Wildman–Crippen LogP) is 1.87. The van der Waals surface area contributed by atoms with Gasteiger partial charge in [-0.1, -0.05) is 26.7 Å². The topological polar surface area (TPSA) is 75.7 Å². The van der Waals surface area contributed by atoms with E-state index < -0.39 is 18.0 Å². The lowest BCUT2D eigenvalue weighted by Crippen LogP contribution is -2.45. The van der Waals surface area contributed by atoms with E-state index in [1.54, 1.807) is 6.92 Å². The van der Waals surface area contributed by atoms with Crippen molar-refractivity contribution in [3.05, 3.63) is 0 Å². The zero-order valence-corrected chi connectivity index (χ0v) is 15.5. The molecule has 5 atom stereocenters. The van der Waals surface area contributed by atoms with E-state index in [0.29, 0.717) is 18.4 Å². The molecule has 0 spiro atoms. The molecule has 140 valence electrons. The summed E-state index contributed by atoms with van der Waals surface area (Å²) in [5, 5.41) is 2.84. The molecule has 1 heterocycles. The van der Waals surface area contributed by atoms with E-state index in [1.165, 1.54) is 6.42 Å². The van der Waals surface area contributed by atoms with Gasteiger partial charge in [-0.05, 0) is 38.0 Å². The van der Waals surface area contributed by atoms with Crippen LogP contribution in [0, 0.1) is 17.8 Å². The first kappa shape index (κ1) is 18.2. The Labute approximate surface area is 149 Å². The van der Waals surface area contributed by atoms with Crippen LogP contribution in [-0.2, 0) is 19.1 Å². The summed E-state index contributed by atoms with van der Waals surface area (Å²) in [4.78, 5) is 38.7. The van der Waals surface area contributed by atoms with Crippen molar-refractivity contribution in [2.24, 2.45) is 17.8 Å². The predicted molar refractivity (Wildman–Crippen MR) is 92.5 cm³/mol. The summed E-state index contributed by atoms with van der Waals surface area (Å²) in [7, 11) is 0. The molecule has 3 rings (SSSR count). The van der Waals surface area contributed by atoms with Gasteiger partial charge < -0.3 is 15.0 Å². The Morgan fingerprint density at radius 1 is 1.20 bits per heavy atom. The number of amides is 2. The minimum Gasteiger partial charge on any atom is -0.452 e. The number of nitrogens with zero attached hydrogens (tertiary/aromatic N) is 1. The molecule has 1 aliphatic heterocycles. The molecule has 2 aliphatic carbocycles. The van der Waals surface area contributed by atoms with Crippen LogP contribution in [0.25, 0.3) is 0 Å². The summed E-state index contributed by atoms with van der Waals surface area (Å²) < 4.78 is 5.33. The third-order valence-electron chi connectivity index (χ3n) is 6.14. The van der Waals surface area contributed by atoms with E-state index >= 15 is 0 Å². The Balaban J connectivity index is 1.54. The van der Waals surface area contributed by atoms with E-state index in [2.05, 4.69) is 19.2 Å². The summed E-state index contributed by atoms with van der Waals surface area (Å²) in [6.07, 6.45) is 4.75. The molecule has 25 heavy (non-hydrogen) atoms. The van der Waals surface area contributed by atoms with Crippen LogP contribution in [0.4, 0.5) is 0 Å². The largest absolute Gasteiger partial charge is 0.452 e. The Hall–Kier alpha value is -1.59. The summed E-state index contributed by atoms with van der Waals surface area (Å²) in [6, 6.07) is 0.469. The van der Waals surface area contributed by atoms with Gasteiger partial charge in [-0.3, -0.25) is 14.4 Å².